The summed E-state index contributed by atoms with van der Waals surface area (Å²) in [4.78, 5) is 51.1. The van der Waals surface area contributed by atoms with Crippen molar-refractivity contribution in [3.05, 3.63) is 0 Å². The molecule has 0 saturated carbocycles. The molecule has 0 N–H and O–H groups in total. The van der Waals surface area contributed by atoms with Crippen LogP contribution < -0.4 is 28.8 Å². The Kier molecular flexibility index (Phi) is 96.5. The Hall–Kier alpha value is 2.38. The molecule has 0 aliphatic carbocycles. The van der Waals surface area contributed by atoms with Crippen LogP contribution in [0.1, 0.15) is 0 Å². The minimum atomic E-state index is -3.63. The molecule has 0 saturated heterocycles. The van der Waals surface area contributed by atoms with Gasteiger partial charge in [0.05, 0.1) is 0 Å². The molecule has 0 aliphatic rings. The first-order chi connectivity index (χ1) is 5.20. The van der Waals surface area contributed by atoms with Gasteiger partial charge in [0.2, 0.25) is 0 Å². The van der Waals surface area contributed by atoms with Crippen molar-refractivity contribution in [2.24, 2.45) is 0 Å². The van der Waals surface area contributed by atoms with Crippen molar-refractivity contribution in [1.29, 1.82) is 0 Å². The Bertz CT molecular complexity index is 120. The fourth-order valence-corrected chi connectivity index (χ4v) is 0. The zero-order valence-electron chi connectivity index (χ0n) is 6.96. The predicted octanol–water partition coefficient (Wildman–Crippen LogP) is -10.2. The van der Waals surface area contributed by atoms with E-state index in [-0.39, 0.29) is 105 Å². The molecule has 80 valence electrons. The predicted molar refractivity (Wildman–Crippen MR) is 42.3 cm³/mol. The van der Waals surface area contributed by atoms with Gasteiger partial charge >= 0.3 is 105 Å². The molecule has 0 rings (SSSR count). The smallest absolute Gasteiger partial charge is 0.672 e. The molecule has 0 amide bonds. The molecule has 0 atom stereocenters. The molecule has 0 bridgehead atoms. The first-order valence-corrected chi connectivity index (χ1v) is 5.51. The number of rotatable bonds is 0. The third-order valence-corrected chi connectivity index (χ3v) is 0. The third-order valence-electron chi connectivity index (χ3n) is 0. The molecule has 0 aromatic carbocycles. The van der Waals surface area contributed by atoms with E-state index in [4.69, 9.17) is 42.2 Å². The van der Waals surface area contributed by atoms with Crippen molar-refractivity contribution in [1.82, 2.24) is 0 Å². The van der Waals surface area contributed by atoms with Gasteiger partial charge in [0.25, 0.3) is 0 Å². The molecular weight excluding hydrogens is 1060 g/mol. The van der Waals surface area contributed by atoms with Crippen molar-refractivity contribution in [3.63, 3.8) is 0 Å². The first kappa shape index (κ1) is 42.9. The van der Waals surface area contributed by atoms with Gasteiger partial charge in [-0.1, -0.05) is 0 Å². The monoisotopic (exact) mass is 1060 g/mol. The zero-order chi connectivity index (χ0) is 10.7. The maximum absolute atomic E-state index is 8.52. The second-order valence-electron chi connectivity index (χ2n) is 0.750. The maximum atomic E-state index is 8.52. The van der Waals surface area contributed by atoms with Gasteiger partial charge in [0.15, 0.2) is 0 Å². The van der Waals surface area contributed by atoms with Crippen molar-refractivity contribution in [2.75, 3.05) is 0 Å². The molecular formula is Bi4O9Si3+6. The van der Waals surface area contributed by atoms with E-state index >= 15 is 0 Å². The Morgan fingerprint density at radius 3 is 0.438 bits per heavy atom. The molecule has 8 radical (unpaired) electrons. The molecule has 0 fully saturated rings. The van der Waals surface area contributed by atoms with Gasteiger partial charge in [-0.3, -0.25) is 0 Å². The molecule has 0 aromatic heterocycles. The second-order valence-corrected chi connectivity index (χ2v) is 2.25. The summed E-state index contributed by atoms with van der Waals surface area (Å²) >= 11 is 0. The van der Waals surface area contributed by atoms with Crippen LogP contribution in [0.25, 0.3) is 0 Å². The van der Waals surface area contributed by atoms with Gasteiger partial charge in [0.1, 0.15) is 0 Å². The van der Waals surface area contributed by atoms with E-state index in [0.29, 0.717) is 0 Å². The van der Waals surface area contributed by atoms with Crippen LogP contribution in [0.3, 0.4) is 0 Å². The summed E-state index contributed by atoms with van der Waals surface area (Å²) in [5.74, 6) is 0. The van der Waals surface area contributed by atoms with Gasteiger partial charge in [-0.25, -0.2) is 0 Å². The van der Waals surface area contributed by atoms with Crippen LogP contribution in [0, 0.1) is 0 Å². The third kappa shape index (κ3) is 683. The molecule has 0 aromatic rings. The average molecular weight is 1060 g/mol. The van der Waals surface area contributed by atoms with E-state index in [1.165, 1.54) is 0 Å². The largest absolute Gasteiger partial charge is 3.00 e. The summed E-state index contributed by atoms with van der Waals surface area (Å²) in [6.45, 7) is 0. The molecule has 0 unspecified atom stereocenters. The van der Waals surface area contributed by atoms with E-state index in [9.17, 15) is 0 Å². The van der Waals surface area contributed by atoms with Gasteiger partial charge in [-0.2, -0.15) is 0 Å². The van der Waals surface area contributed by atoms with Crippen LogP contribution >= 0.6 is 0 Å². The molecule has 16 heavy (non-hydrogen) atoms. The van der Waals surface area contributed by atoms with E-state index in [1.54, 1.807) is 0 Å². The Balaban J connectivity index is -0.0000000135. The van der Waals surface area contributed by atoms with Gasteiger partial charge in [-0.05, 0) is 0 Å². The van der Waals surface area contributed by atoms with Gasteiger partial charge in [-0.15, -0.1) is 0 Å². The summed E-state index contributed by atoms with van der Waals surface area (Å²) in [6, 6.07) is 0. The fraction of sp³-hybridized carbons (Fsp3) is 0. The standard InChI is InChI=1S/4Bi.3O3Si/c;;;;3*1-4(2)3/q4*+3;3*-2. The molecule has 16 heteroatoms. The number of hydrogen-bond acceptors (Lipinski definition) is 9. The fourth-order valence-electron chi connectivity index (χ4n) is 0. The quantitative estimate of drug-likeness (QED) is 0.213. The summed E-state index contributed by atoms with van der Waals surface area (Å²) in [5, 5.41) is 0. The normalized spacial score (nSPS) is 4.50. The van der Waals surface area contributed by atoms with E-state index < -0.39 is 27.5 Å². The summed E-state index contributed by atoms with van der Waals surface area (Å²) in [7, 11) is -10.9. The van der Waals surface area contributed by atoms with E-state index in [1.807, 2.05) is 0 Å². The van der Waals surface area contributed by atoms with Crippen LogP contribution in [0.15, 0.2) is 0 Å². The van der Waals surface area contributed by atoms with Crippen molar-refractivity contribution >= 4 is 132 Å². The molecule has 0 spiro atoms. The molecule has 0 aliphatic heterocycles. The minimum Gasteiger partial charge on any atom is -0.672 e. The topological polar surface area (TPSA) is 190 Å². The van der Waals surface area contributed by atoms with E-state index in [0.717, 1.165) is 0 Å². The maximum Gasteiger partial charge on any atom is 3.00 e. The summed E-state index contributed by atoms with van der Waals surface area (Å²) in [6.07, 6.45) is 0. The van der Waals surface area contributed by atoms with Crippen LogP contribution in [-0.2, 0) is 13.4 Å². The zero-order valence-corrected chi connectivity index (χ0v) is 23.9. The van der Waals surface area contributed by atoms with Crippen molar-refractivity contribution in [2.45, 2.75) is 0 Å². The average Bonchev–Trinajstić information content (AvgIpc) is 1.54. The van der Waals surface area contributed by atoms with Crippen LogP contribution in [-0.4, -0.2) is 132 Å². The van der Waals surface area contributed by atoms with Crippen LogP contribution in [0.2, 0.25) is 0 Å². The minimum absolute atomic E-state index is 0. The summed E-state index contributed by atoms with van der Waals surface area (Å²) < 4.78 is 25.6. The molecule has 0 heterocycles. The van der Waals surface area contributed by atoms with Crippen molar-refractivity contribution < 1.29 is 42.2 Å². The van der Waals surface area contributed by atoms with Crippen LogP contribution in [0.4, 0.5) is 0 Å². The SMILES string of the molecule is O=[Si]([O-])[O-].O=[Si]([O-])[O-].O=[Si]([O-])[O-].[Bi+3].[Bi+3].[Bi+3].[Bi+3]. The first-order valence-electron chi connectivity index (χ1n) is 1.84. The second kappa shape index (κ2) is 36.0. The Morgan fingerprint density at radius 2 is 0.438 bits per heavy atom. The summed E-state index contributed by atoms with van der Waals surface area (Å²) in [5.41, 5.74) is 0. The van der Waals surface area contributed by atoms with Gasteiger partial charge < -0.3 is 42.2 Å². The Morgan fingerprint density at radius 1 is 0.438 bits per heavy atom. The van der Waals surface area contributed by atoms with E-state index in [2.05, 4.69) is 0 Å². The van der Waals surface area contributed by atoms with Crippen LogP contribution in [0.5, 0.6) is 0 Å². The van der Waals surface area contributed by atoms with Gasteiger partial charge in [0, 0.05) is 27.5 Å². The molecule has 9 nitrogen and oxygen atoms in total. The van der Waals surface area contributed by atoms with Crippen molar-refractivity contribution in [3.8, 4) is 0 Å². The Labute approximate surface area is 171 Å². The number of hydrogen-bond donors (Lipinski definition) is 0.